The molecule has 30 heavy (non-hydrogen) atoms. The number of hydrogen-bond acceptors (Lipinski definition) is 4. The normalized spacial score (nSPS) is 18.8. The summed E-state index contributed by atoms with van der Waals surface area (Å²) in [6.07, 6.45) is 3.68. The maximum absolute atomic E-state index is 5.77. The molecule has 6 nitrogen and oxygen atoms in total. The van der Waals surface area contributed by atoms with Crippen LogP contribution in [0, 0.1) is 13.8 Å². The molecule has 0 radical (unpaired) electrons. The molecule has 3 aromatic rings. The molecule has 1 fully saturated rings. The third-order valence-corrected chi connectivity index (χ3v) is 6.01. The van der Waals surface area contributed by atoms with Crippen LogP contribution in [0.4, 0.5) is 0 Å². The van der Waals surface area contributed by atoms with E-state index in [-0.39, 0.29) is 12.1 Å². The van der Waals surface area contributed by atoms with Crippen LogP contribution in [0.5, 0.6) is 0 Å². The summed E-state index contributed by atoms with van der Waals surface area (Å²) < 4.78 is 2.22. The van der Waals surface area contributed by atoms with Gasteiger partial charge >= 0.3 is 0 Å². The lowest BCUT2D eigenvalue weighted by Gasteiger charge is -2.29. The van der Waals surface area contributed by atoms with Crippen LogP contribution < -0.4 is 5.32 Å². The highest BCUT2D eigenvalue weighted by molar-refractivity contribution is 7.80. The van der Waals surface area contributed by atoms with Crippen LogP contribution >= 0.6 is 12.2 Å². The molecule has 1 aliphatic rings. The van der Waals surface area contributed by atoms with Gasteiger partial charge in [0.15, 0.2) is 5.11 Å². The average molecular weight is 421 g/mol. The van der Waals surface area contributed by atoms with Crippen LogP contribution in [-0.4, -0.2) is 56.6 Å². The zero-order valence-corrected chi connectivity index (χ0v) is 18.7. The van der Waals surface area contributed by atoms with Crippen molar-refractivity contribution in [1.29, 1.82) is 0 Å². The molecule has 1 N–H and O–H groups in total. The molecule has 1 saturated heterocycles. The predicted octanol–water partition coefficient (Wildman–Crippen LogP) is 3.42. The van der Waals surface area contributed by atoms with Crippen LogP contribution in [0.1, 0.15) is 34.7 Å². The van der Waals surface area contributed by atoms with Gasteiger partial charge in [-0.05, 0) is 76.1 Å². The Balaban J connectivity index is 1.80. The Hall–Kier alpha value is -2.77. The van der Waals surface area contributed by atoms with E-state index >= 15 is 0 Å². The summed E-state index contributed by atoms with van der Waals surface area (Å²) in [5.74, 6) is 0.932. The van der Waals surface area contributed by atoms with Crippen molar-refractivity contribution in [1.82, 2.24) is 29.7 Å². The van der Waals surface area contributed by atoms with Gasteiger partial charge in [0.25, 0.3) is 0 Å². The first-order valence-corrected chi connectivity index (χ1v) is 10.6. The first-order chi connectivity index (χ1) is 14.5. The highest BCUT2D eigenvalue weighted by Crippen LogP contribution is 2.41. The lowest BCUT2D eigenvalue weighted by molar-refractivity contribution is 0.277. The Kier molecular flexibility index (Phi) is 5.83. The first kappa shape index (κ1) is 20.5. The van der Waals surface area contributed by atoms with Crippen LogP contribution in [0.25, 0.3) is 5.82 Å². The number of pyridine rings is 2. The highest BCUT2D eigenvalue weighted by atomic mass is 32.1. The Labute approximate surface area is 183 Å². The minimum absolute atomic E-state index is 0.00135. The molecule has 4 heterocycles. The molecule has 3 aromatic heterocycles. The molecular weight excluding hydrogens is 392 g/mol. The van der Waals surface area contributed by atoms with Gasteiger partial charge in [-0.1, -0.05) is 12.1 Å². The lowest BCUT2D eigenvalue weighted by atomic mass is 9.97. The summed E-state index contributed by atoms with van der Waals surface area (Å²) in [6.45, 7) is 6.07. The molecule has 0 unspecified atom stereocenters. The molecule has 2 atom stereocenters. The minimum atomic E-state index is -0.00135. The number of nitrogens with one attached hydrogen (secondary N) is 1. The topological polar surface area (TPSA) is 49.2 Å². The summed E-state index contributed by atoms with van der Waals surface area (Å²) in [4.78, 5) is 13.7. The van der Waals surface area contributed by atoms with Crippen molar-refractivity contribution in [3.05, 3.63) is 77.5 Å². The highest BCUT2D eigenvalue weighted by Gasteiger charge is 2.41. The molecule has 156 valence electrons. The smallest absolute Gasteiger partial charge is 0.170 e. The van der Waals surface area contributed by atoms with Crippen molar-refractivity contribution in [2.45, 2.75) is 25.9 Å². The molecule has 7 heteroatoms. The lowest BCUT2D eigenvalue weighted by Crippen LogP contribution is -2.35. The van der Waals surface area contributed by atoms with Crippen molar-refractivity contribution in [3.63, 3.8) is 0 Å². The summed E-state index contributed by atoms with van der Waals surface area (Å²) in [5.41, 5.74) is 4.59. The van der Waals surface area contributed by atoms with Gasteiger partial charge in [-0.15, -0.1) is 0 Å². The van der Waals surface area contributed by atoms with Crippen molar-refractivity contribution in [2.24, 2.45) is 0 Å². The summed E-state index contributed by atoms with van der Waals surface area (Å²) in [7, 11) is 4.18. The molecule has 1 aliphatic heterocycles. The zero-order chi connectivity index (χ0) is 21.3. The average Bonchev–Trinajstić information content (AvgIpc) is 3.22. The number of likely N-dealkylation sites (N-methyl/N-ethyl adjacent to an activating group) is 1. The van der Waals surface area contributed by atoms with E-state index in [2.05, 4.69) is 69.7 Å². The van der Waals surface area contributed by atoms with E-state index in [4.69, 9.17) is 12.2 Å². The third-order valence-electron chi connectivity index (χ3n) is 5.65. The monoisotopic (exact) mass is 420 g/mol. The maximum atomic E-state index is 5.77. The van der Waals surface area contributed by atoms with Crippen molar-refractivity contribution in [3.8, 4) is 5.82 Å². The SMILES string of the molecule is Cc1cc([C@H]2[C@@H](c3ccccn3)NC(=S)N2CCN(C)C)c(C)n1-c1ccccn1. The quantitative estimate of drug-likeness (QED) is 0.617. The van der Waals surface area contributed by atoms with E-state index in [1.807, 2.05) is 42.7 Å². The zero-order valence-electron chi connectivity index (χ0n) is 17.9. The van der Waals surface area contributed by atoms with Gasteiger partial charge in [0.2, 0.25) is 0 Å². The number of aromatic nitrogens is 3. The van der Waals surface area contributed by atoms with Gasteiger partial charge in [-0.3, -0.25) is 4.98 Å². The van der Waals surface area contributed by atoms with E-state index in [1.54, 1.807) is 0 Å². The fraction of sp³-hybridized carbons (Fsp3) is 0.348. The minimum Gasteiger partial charge on any atom is -0.352 e. The number of nitrogens with zero attached hydrogens (tertiary/aromatic N) is 5. The standard InChI is InChI=1S/C23H28N6S/c1-16-15-18(17(2)29(16)20-10-6-8-12-25-20)22-21(19-9-5-7-11-24-19)26-23(30)28(22)14-13-27(3)4/h5-12,15,21-22H,13-14H2,1-4H3,(H,26,30)/t21-,22+/m1/s1. The molecule has 0 saturated carbocycles. The molecule has 0 aromatic carbocycles. The van der Waals surface area contributed by atoms with Crippen molar-refractivity contribution >= 4 is 17.3 Å². The van der Waals surface area contributed by atoms with Gasteiger partial charge in [0.1, 0.15) is 5.82 Å². The van der Waals surface area contributed by atoms with Crippen LogP contribution in [0.2, 0.25) is 0 Å². The van der Waals surface area contributed by atoms with Gasteiger partial charge < -0.3 is 19.7 Å². The molecule has 0 bridgehead atoms. The fourth-order valence-electron chi connectivity index (χ4n) is 4.22. The van der Waals surface area contributed by atoms with Crippen molar-refractivity contribution < 1.29 is 0 Å². The second-order valence-electron chi connectivity index (χ2n) is 7.97. The Bertz CT molecular complexity index is 1010. The van der Waals surface area contributed by atoms with Gasteiger partial charge in [-0.25, -0.2) is 4.98 Å². The second-order valence-corrected chi connectivity index (χ2v) is 8.36. The number of aryl methyl sites for hydroxylation is 1. The van der Waals surface area contributed by atoms with Crippen molar-refractivity contribution in [2.75, 3.05) is 27.2 Å². The van der Waals surface area contributed by atoms with E-state index in [1.165, 1.54) is 11.3 Å². The van der Waals surface area contributed by atoms with Crippen LogP contribution in [-0.2, 0) is 0 Å². The fourth-order valence-corrected chi connectivity index (χ4v) is 4.55. The predicted molar refractivity (Wildman–Crippen MR) is 124 cm³/mol. The van der Waals surface area contributed by atoms with E-state index in [0.29, 0.717) is 0 Å². The molecule has 0 aliphatic carbocycles. The van der Waals surface area contributed by atoms with E-state index in [0.717, 1.165) is 35.4 Å². The molecule has 0 amide bonds. The summed E-state index contributed by atoms with van der Waals surface area (Å²) in [5, 5.41) is 4.32. The van der Waals surface area contributed by atoms with Gasteiger partial charge in [0.05, 0.1) is 17.8 Å². The van der Waals surface area contributed by atoms with Gasteiger partial charge in [0, 0.05) is 36.9 Å². The van der Waals surface area contributed by atoms with Crippen LogP contribution in [0.3, 0.4) is 0 Å². The number of hydrogen-bond donors (Lipinski definition) is 1. The maximum Gasteiger partial charge on any atom is 0.170 e. The summed E-state index contributed by atoms with van der Waals surface area (Å²) >= 11 is 5.77. The van der Waals surface area contributed by atoms with E-state index < -0.39 is 0 Å². The first-order valence-electron chi connectivity index (χ1n) is 10.2. The number of thiocarbonyl (C=S) groups is 1. The third kappa shape index (κ3) is 3.82. The number of rotatable bonds is 6. The molecule has 0 spiro atoms. The Morgan fingerprint density at radius 3 is 2.43 bits per heavy atom. The summed E-state index contributed by atoms with van der Waals surface area (Å²) in [6, 6.07) is 14.4. The van der Waals surface area contributed by atoms with Gasteiger partial charge in [-0.2, -0.15) is 0 Å². The van der Waals surface area contributed by atoms with Crippen LogP contribution in [0.15, 0.2) is 54.9 Å². The Morgan fingerprint density at radius 1 is 1.07 bits per heavy atom. The largest absolute Gasteiger partial charge is 0.352 e. The molecular formula is C23H28N6S. The second kappa shape index (κ2) is 8.53. The Morgan fingerprint density at radius 2 is 1.80 bits per heavy atom. The van der Waals surface area contributed by atoms with E-state index in [9.17, 15) is 0 Å². The molecule has 4 rings (SSSR count).